The van der Waals surface area contributed by atoms with Gasteiger partial charge in [0.05, 0.1) is 24.2 Å². The number of nitriles is 1. The summed E-state index contributed by atoms with van der Waals surface area (Å²) >= 11 is 0. The van der Waals surface area contributed by atoms with Crippen LogP contribution in [0.4, 0.5) is 5.82 Å². The summed E-state index contributed by atoms with van der Waals surface area (Å²) < 4.78 is 3.46. The monoisotopic (exact) mass is 361 g/mol. The predicted molar refractivity (Wildman–Crippen MR) is 97.5 cm³/mol. The minimum Gasteiger partial charge on any atom is -0.293 e. The van der Waals surface area contributed by atoms with E-state index in [0.29, 0.717) is 18.1 Å². The number of amides is 1. The van der Waals surface area contributed by atoms with Gasteiger partial charge >= 0.3 is 0 Å². The Morgan fingerprint density at radius 3 is 2.70 bits per heavy atom. The van der Waals surface area contributed by atoms with E-state index in [1.807, 2.05) is 32.3 Å². The van der Waals surface area contributed by atoms with Gasteiger partial charge in [0.15, 0.2) is 5.82 Å². The Bertz CT molecular complexity index is 1100. The second-order valence-corrected chi connectivity index (χ2v) is 7.52. The van der Waals surface area contributed by atoms with Gasteiger partial charge in [0.25, 0.3) is 0 Å². The lowest BCUT2D eigenvalue weighted by Crippen LogP contribution is -2.37. The molecule has 3 aromatic heterocycles. The number of hydrogen-bond donors (Lipinski definition) is 0. The van der Waals surface area contributed by atoms with E-state index in [0.717, 1.165) is 24.1 Å². The van der Waals surface area contributed by atoms with Crippen molar-refractivity contribution >= 4 is 17.2 Å². The van der Waals surface area contributed by atoms with Crippen LogP contribution in [0.1, 0.15) is 19.8 Å². The first-order valence-electron chi connectivity index (χ1n) is 9.12. The average Bonchev–Trinajstić information content (AvgIpc) is 3.13. The standard InChI is InChI=1S/C19H19N7O/c1-12-9-25(18(27)19(12,11-20)13-3-4-13)17-16-6-8-22-26(16)10-14(23-17)15-5-7-21-24(15)2/h5-8,10,12-13H,3-4,9H2,1-2H3/t12-,19+/m1/s1. The minimum absolute atomic E-state index is 0.0346. The lowest BCUT2D eigenvalue weighted by molar-refractivity contribution is -0.124. The fraction of sp³-hybridized carbons (Fsp3) is 0.421. The molecule has 2 fully saturated rings. The number of aromatic nitrogens is 5. The van der Waals surface area contributed by atoms with E-state index in [4.69, 9.17) is 4.98 Å². The normalized spacial score (nSPS) is 25.3. The molecule has 27 heavy (non-hydrogen) atoms. The molecule has 0 radical (unpaired) electrons. The molecule has 1 aliphatic carbocycles. The largest absolute Gasteiger partial charge is 0.293 e. The second-order valence-electron chi connectivity index (χ2n) is 7.52. The highest BCUT2D eigenvalue weighted by Crippen LogP contribution is 2.54. The first-order chi connectivity index (χ1) is 13.1. The fourth-order valence-corrected chi connectivity index (χ4v) is 4.34. The number of carbonyl (C=O) groups is 1. The van der Waals surface area contributed by atoms with Crippen LogP contribution in [-0.2, 0) is 11.8 Å². The maximum atomic E-state index is 13.4. The summed E-state index contributed by atoms with van der Waals surface area (Å²) in [6.45, 7) is 2.49. The number of aryl methyl sites for hydroxylation is 1. The van der Waals surface area contributed by atoms with E-state index in [9.17, 15) is 10.1 Å². The Balaban J connectivity index is 1.67. The predicted octanol–water partition coefficient (Wildman–Crippen LogP) is 2.03. The molecule has 0 aromatic carbocycles. The van der Waals surface area contributed by atoms with Crippen molar-refractivity contribution in [3.8, 4) is 17.5 Å². The molecule has 0 bridgehead atoms. The quantitative estimate of drug-likeness (QED) is 0.712. The Morgan fingerprint density at radius 2 is 2.04 bits per heavy atom. The summed E-state index contributed by atoms with van der Waals surface area (Å²) in [5.41, 5.74) is 1.34. The lowest BCUT2D eigenvalue weighted by atomic mass is 9.75. The van der Waals surface area contributed by atoms with Crippen LogP contribution in [0, 0.1) is 28.6 Å². The van der Waals surface area contributed by atoms with E-state index in [2.05, 4.69) is 16.3 Å². The van der Waals surface area contributed by atoms with E-state index >= 15 is 0 Å². The molecule has 0 N–H and O–H groups in total. The number of fused-ring (bicyclic) bond motifs is 1. The van der Waals surface area contributed by atoms with Crippen molar-refractivity contribution in [1.82, 2.24) is 24.4 Å². The van der Waals surface area contributed by atoms with Crippen molar-refractivity contribution in [3.63, 3.8) is 0 Å². The molecule has 1 saturated heterocycles. The molecular formula is C19H19N7O. The van der Waals surface area contributed by atoms with Crippen LogP contribution in [0.25, 0.3) is 16.9 Å². The zero-order chi connectivity index (χ0) is 18.8. The molecule has 0 spiro atoms. The molecule has 4 heterocycles. The van der Waals surface area contributed by atoms with Gasteiger partial charge in [-0.15, -0.1) is 0 Å². The molecule has 1 amide bonds. The summed E-state index contributed by atoms with van der Waals surface area (Å²) in [6.07, 6.45) is 7.12. The van der Waals surface area contributed by atoms with Crippen LogP contribution in [-0.4, -0.2) is 36.8 Å². The van der Waals surface area contributed by atoms with Gasteiger partial charge in [-0.25, -0.2) is 9.50 Å². The summed E-state index contributed by atoms with van der Waals surface area (Å²) in [4.78, 5) is 19.9. The number of rotatable bonds is 3. The molecule has 3 aromatic rings. The third-order valence-electron chi connectivity index (χ3n) is 5.95. The van der Waals surface area contributed by atoms with Crippen LogP contribution in [0.15, 0.2) is 30.7 Å². The molecule has 1 saturated carbocycles. The molecular weight excluding hydrogens is 342 g/mol. The van der Waals surface area contributed by atoms with Gasteiger partial charge in [-0.05, 0) is 30.9 Å². The van der Waals surface area contributed by atoms with Crippen LogP contribution < -0.4 is 4.90 Å². The van der Waals surface area contributed by atoms with Crippen LogP contribution in [0.5, 0.6) is 0 Å². The van der Waals surface area contributed by atoms with Crippen LogP contribution in [0.3, 0.4) is 0 Å². The van der Waals surface area contributed by atoms with E-state index in [1.165, 1.54) is 0 Å². The molecule has 5 rings (SSSR count). The smallest absolute Gasteiger partial charge is 0.249 e. The Morgan fingerprint density at radius 1 is 1.26 bits per heavy atom. The van der Waals surface area contributed by atoms with Crippen molar-refractivity contribution in [3.05, 3.63) is 30.7 Å². The molecule has 8 heteroatoms. The second kappa shape index (κ2) is 5.39. The molecule has 136 valence electrons. The third-order valence-corrected chi connectivity index (χ3v) is 5.95. The number of carbonyl (C=O) groups excluding carboxylic acids is 1. The van der Waals surface area contributed by atoms with Gasteiger partial charge in [0, 0.05) is 25.7 Å². The Kier molecular flexibility index (Phi) is 3.20. The number of nitrogens with zero attached hydrogens (tertiary/aromatic N) is 7. The number of anilines is 1. The SMILES string of the molecule is C[C@@H]1CN(c2nc(-c3ccnn3C)cn3nccc23)C(=O)[C@]1(C#N)C1CC1. The average molecular weight is 361 g/mol. The zero-order valence-corrected chi connectivity index (χ0v) is 15.2. The van der Waals surface area contributed by atoms with E-state index in [1.54, 1.807) is 26.5 Å². The summed E-state index contributed by atoms with van der Waals surface area (Å²) in [7, 11) is 1.85. The lowest BCUT2D eigenvalue weighted by Gasteiger charge is -2.23. The maximum Gasteiger partial charge on any atom is 0.249 e. The summed E-state index contributed by atoms with van der Waals surface area (Å²) in [6, 6.07) is 6.09. The van der Waals surface area contributed by atoms with Crippen molar-refractivity contribution in [2.45, 2.75) is 19.8 Å². The van der Waals surface area contributed by atoms with E-state index in [-0.39, 0.29) is 17.7 Å². The fourth-order valence-electron chi connectivity index (χ4n) is 4.34. The Labute approximate surface area is 156 Å². The van der Waals surface area contributed by atoms with Crippen LogP contribution in [0.2, 0.25) is 0 Å². The first kappa shape index (κ1) is 16.0. The van der Waals surface area contributed by atoms with Gasteiger partial charge in [0.2, 0.25) is 5.91 Å². The molecule has 2 atom stereocenters. The number of hydrogen-bond acceptors (Lipinski definition) is 5. The van der Waals surface area contributed by atoms with Gasteiger partial charge < -0.3 is 0 Å². The van der Waals surface area contributed by atoms with Gasteiger partial charge in [0.1, 0.15) is 16.6 Å². The minimum atomic E-state index is -0.929. The maximum absolute atomic E-state index is 13.4. The van der Waals surface area contributed by atoms with Crippen molar-refractivity contribution in [2.24, 2.45) is 24.3 Å². The molecule has 1 aliphatic heterocycles. The molecule has 2 aliphatic rings. The van der Waals surface area contributed by atoms with Crippen LogP contribution >= 0.6 is 0 Å². The molecule has 8 nitrogen and oxygen atoms in total. The van der Waals surface area contributed by atoms with Gasteiger partial charge in [-0.2, -0.15) is 15.5 Å². The highest BCUT2D eigenvalue weighted by atomic mass is 16.2. The van der Waals surface area contributed by atoms with Crippen molar-refractivity contribution < 1.29 is 4.79 Å². The van der Waals surface area contributed by atoms with Crippen molar-refractivity contribution in [1.29, 1.82) is 5.26 Å². The van der Waals surface area contributed by atoms with Crippen molar-refractivity contribution in [2.75, 3.05) is 11.4 Å². The highest BCUT2D eigenvalue weighted by molar-refractivity contribution is 6.04. The Hall–Kier alpha value is -3.21. The topological polar surface area (TPSA) is 92.1 Å². The summed E-state index contributed by atoms with van der Waals surface area (Å²) in [5.74, 6) is 0.558. The van der Waals surface area contributed by atoms with Gasteiger partial charge in [-0.1, -0.05) is 6.92 Å². The third kappa shape index (κ3) is 2.08. The molecule has 0 unspecified atom stereocenters. The summed E-state index contributed by atoms with van der Waals surface area (Å²) in [5, 5.41) is 18.4. The van der Waals surface area contributed by atoms with E-state index < -0.39 is 5.41 Å². The zero-order valence-electron chi connectivity index (χ0n) is 15.2. The first-order valence-corrected chi connectivity index (χ1v) is 9.12. The van der Waals surface area contributed by atoms with Gasteiger partial charge in [-0.3, -0.25) is 14.4 Å². The highest BCUT2D eigenvalue weighted by Gasteiger charge is 2.61.